The average Bonchev–Trinajstić information content (AvgIpc) is 2.73. The van der Waals surface area contributed by atoms with Gasteiger partial charge in [-0.25, -0.2) is 14.8 Å². The van der Waals surface area contributed by atoms with Crippen LogP contribution in [0.3, 0.4) is 0 Å². The monoisotopic (exact) mass is 443 g/mol. The van der Waals surface area contributed by atoms with Crippen LogP contribution in [0.5, 0.6) is 17.4 Å². The van der Waals surface area contributed by atoms with Crippen LogP contribution in [0.15, 0.2) is 53.8 Å². The zero-order chi connectivity index (χ0) is 22.6. The number of nitrogens with zero attached hydrogens (tertiary/aromatic N) is 3. The lowest BCUT2D eigenvalue weighted by molar-refractivity contribution is -0.167. The Morgan fingerprint density at radius 3 is 2.55 bits per heavy atom. The quantitative estimate of drug-likeness (QED) is 0.381. The van der Waals surface area contributed by atoms with E-state index in [1.807, 2.05) is 0 Å². The summed E-state index contributed by atoms with van der Waals surface area (Å²) < 4.78 is 11.7. The van der Waals surface area contributed by atoms with E-state index in [4.69, 9.17) is 25.9 Å². The van der Waals surface area contributed by atoms with Gasteiger partial charge in [0.2, 0.25) is 11.5 Å². The number of benzene rings is 2. The topological polar surface area (TPSA) is 103 Å². The van der Waals surface area contributed by atoms with Gasteiger partial charge in [0.25, 0.3) is 0 Å². The zero-order valence-electron chi connectivity index (χ0n) is 17.5. The fourth-order valence-corrected chi connectivity index (χ4v) is 2.73. The summed E-state index contributed by atoms with van der Waals surface area (Å²) in [5.41, 5.74) is 0.148. The number of rotatable bonds is 8. The molecule has 0 aliphatic heterocycles. The van der Waals surface area contributed by atoms with Crippen molar-refractivity contribution in [2.45, 2.75) is 39.4 Å². The van der Waals surface area contributed by atoms with E-state index in [0.717, 1.165) is 0 Å². The molecule has 2 atom stereocenters. The predicted molar refractivity (Wildman–Crippen MR) is 117 cm³/mol. The lowest BCUT2D eigenvalue weighted by Crippen LogP contribution is -2.51. The maximum absolute atomic E-state index is 12.0. The number of carboxylic acids is 1. The Kier molecular flexibility index (Phi) is 6.60. The molecule has 0 saturated heterocycles. The van der Waals surface area contributed by atoms with Crippen molar-refractivity contribution in [2.75, 3.05) is 0 Å². The third kappa shape index (κ3) is 5.21. The van der Waals surface area contributed by atoms with E-state index >= 15 is 0 Å². The zero-order valence-corrected chi connectivity index (χ0v) is 18.3. The molecule has 2 unspecified atom stereocenters. The van der Waals surface area contributed by atoms with Gasteiger partial charge in [0.15, 0.2) is 17.6 Å². The molecular weight excluding hydrogens is 422 g/mol. The summed E-state index contributed by atoms with van der Waals surface area (Å²) in [6.07, 6.45) is 0.564. The van der Waals surface area contributed by atoms with Gasteiger partial charge < -0.3 is 19.4 Å². The van der Waals surface area contributed by atoms with Crippen LogP contribution in [0, 0.1) is 0 Å². The van der Waals surface area contributed by atoms with Crippen LogP contribution in [0.4, 0.5) is 0 Å². The Balaban J connectivity index is 1.89. The van der Waals surface area contributed by atoms with Crippen molar-refractivity contribution >= 4 is 34.3 Å². The van der Waals surface area contributed by atoms with Crippen molar-refractivity contribution in [1.29, 1.82) is 0 Å². The first-order valence-electron chi connectivity index (χ1n) is 9.47. The highest BCUT2D eigenvalue weighted by Crippen LogP contribution is 2.35. The second kappa shape index (κ2) is 9.18. The summed E-state index contributed by atoms with van der Waals surface area (Å²) >= 11 is 5.98. The SMILES string of the molecule is CC(C)=NOC(C)C(C)(Oc1ccccc1Oc1cnc2cc(Cl)ccc2n1)C(=O)O. The van der Waals surface area contributed by atoms with Crippen molar-refractivity contribution < 1.29 is 24.2 Å². The molecule has 0 aliphatic carbocycles. The van der Waals surface area contributed by atoms with Gasteiger partial charge in [-0.2, -0.15) is 0 Å². The predicted octanol–water partition coefficient (Wildman–Crippen LogP) is 5.10. The highest BCUT2D eigenvalue weighted by molar-refractivity contribution is 6.31. The Bertz CT molecular complexity index is 1130. The summed E-state index contributed by atoms with van der Waals surface area (Å²) in [7, 11) is 0. The third-order valence-electron chi connectivity index (χ3n) is 4.46. The van der Waals surface area contributed by atoms with Crippen LogP contribution in [0.1, 0.15) is 27.7 Å². The minimum absolute atomic E-state index is 0.207. The molecule has 8 nitrogen and oxygen atoms in total. The van der Waals surface area contributed by atoms with Crippen LogP contribution in [-0.2, 0) is 9.63 Å². The molecule has 2 aromatic carbocycles. The third-order valence-corrected chi connectivity index (χ3v) is 4.70. The van der Waals surface area contributed by atoms with Gasteiger partial charge in [0, 0.05) is 5.02 Å². The summed E-state index contributed by atoms with van der Waals surface area (Å²) in [5, 5.41) is 14.2. The highest BCUT2D eigenvalue weighted by atomic mass is 35.5. The number of carbonyl (C=O) groups is 1. The molecule has 0 fully saturated rings. The first-order valence-corrected chi connectivity index (χ1v) is 9.85. The highest BCUT2D eigenvalue weighted by Gasteiger charge is 2.44. The van der Waals surface area contributed by atoms with Crippen molar-refractivity contribution in [1.82, 2.24) is 9.97 Å². The molecule has 9 heteroatoms. The number of hydrogen-bond acceptors (Lipinski definition) is 7. The fourth-order valence-electron chi connectivity index (χ4n) is 2.56. The van der Waals surface area contributed by atoms with Crippen molar-refractivity contribution in [3.63, 3.8) is 0 Å². The lowest BCUT2D eigenvalue weighted by Gasteiger charge is -2.31. The summed E-state index contributed by atoms with van der Waals surface area (Å²) in [4.78, 5) is 26.1. The Hall–Kier alpha value is -3.39. The van der Waals surface area contributed by atoms with Gasteiger partial charge in [-0.05, 0) is 58.0 Å². The second-order valence-corrected chi connectivity index (χ2v) is 7.63. The molecule has 0 amide bonds. The van der Waals surface area contributed by atoms with Crippen molar-refractivity contribution in [3.05, 3.63) is 53.7 Å². The van der Waals surface area contributed by atoms with E-state index in [1.54, 1.807) is 63.2 Å². The van der Waals surface area contributed by atoms with Crippen molar-refractivity contribution in [3.8, 4) is 17.4 Å². The normalized spacial score (nSPS) is 13.7. The number of aliphatic carboxylic acids is 1. The second-order valence-electron chi connectivity index (χ2n) is 7.19. The van der Waals surface area contributed by atoms with Gasteiger partial charge in [0.05, 0.1) is 22.9 Å². The van der Waals surface area contributed by atoms with Crippen LogP contribution >= 0.6 is 11.6 Å². The number of ether oxygens (including phenoxy) is 2. The number of fused-ring (bicyclic) bond motifs is 1. The molecule has 31 heavy (non-hydrogen) atoms. The number of halogens is 1. The molecule has 0 radical (unpaired) electrons. The van der Waals surface area contributed by atoms with Crippen LogP contribution in [0.25, 0.3) is 11.0 Å². The molecule has 1 aromatic heterocycles. The molecular formula is C22H22ClN3O5. The minimum Gasteiger partial charge on any atom is -0.478 e. The van der Waals surface area contributed by atoms with Gasteiger partial charge >= 0.3 is 5.97 Å². The molecule has 162 valence electrons. The summed E-state index contributed by atoms with van der Waals surface area (Å²) in [6, 6.07) is 11.8. The number of para-hydroxylation sites is 2. The van der Waals surface area contributed by atoms with Gasteiger partial charge in [-0.1, -0.05) is 28.9 Å². The van der Waals surface area contributed by atoms with Gasteiger partial charge in [-0.3, -0.25) is 0 Å². The van der Waals surface area contributed by atoms with Crippen molar-refractivity contribution in [2.24, 2.45) is 5.16 Å². The average molecular weight is 444 g/mol. The van der Waals surface area contributed by atoms with E-state index in [0.29, 0.717) is 21.8 Å². The maximum Gasteiger partial charge on any atom is 0.351 e. The minimum atomic E-state index is -1.73. The van der Waals surface area contributed by atoms with Gasteiger partial charge in [-0.15, -0.1) is 0 Å². The maximum atomic E-state index is 12.0. The summed E-state index contributed by atoms with van der Waals surface area (Å²) in [5.74, 6) is -0.502. The Labute approximate surface area is 184 Å². The van der Waals surface area contributed by atoms with E-state index in [1.165, 1.54) is 13.1 Å². The lowest BCUT2D eigenvalue weighted by atomic mass is 10.0. The van der Waals surface area contributed by atoms with E-state index < -0.39 is 17.7 Å². The molecule has 0 saturated carbocycles. The molecule has 1 N–H and O–H groups in total. The number of oxime groups is 1. The van der Waals surface area contributed by atoms with Crippen LogP contribution in [-0.4, -0.2) is 38.5 Å². The fraction of sp³-hybridized carbons (Fsp3) is 0.273. The van der Waals surface area contributed by atoms with Gasteiger partial charge in [0.1, 0.15) is 0 Å². The molecule has 3 rings (SSSR count). The first-order chi connectivity index (χ1) is 14.7. The number of hydrogen-bond donors (Lipinski definition) is 1. The van der Waals surface area contributed by atoms with Crippen LogP contribution < -0.4 is 9.47 Å². The Morgan fingerprint density at radius 2 is 1.87 bits per heavy atom. The largest absolute Gasteiger partial charge is 0.478 e. The van der Waals surface area contributed by atoms with E-state index in [9.17, 15) is 9.90 Å². The Morgan fingerprint density at radius 1 is 1.16 bits per heavy atom. The smallest absolute Gasteiger partial charge is 0.351 e. The molecule has 0 bridgehead atoms. The molecule has 0 aliphatic rings. The molecule has 0 spiro atoms. The first kappa shape index (κ1) is 22.3. The van der Waals surface area contributed by atoms with Crippen LogP contribution in [0.2, 0.25) is 5.02 Å². The van der Waals surface area contributed by atoms with E-state index in [-0.39, 0.29) is 17.4 Å². The standard InChI is InChI=1S/C22H22ClN3O5/c1-13(2)26-31-14(3)22(4,21(27)28)30-19-8-6-5-7-18(19)29-20-12-24-17-11-15(23)9-10-16(17)25-20/h5-12,14H,1-4H3,(H,27,28). The number of aromatic nitrogens is 2. The number of carboxylic acid groups (broad SMARTS) is 1. The summed E-state index contributed by atoms with van der Waals surface area (Å²) in [6.45, 7) is 6.47. The molecule has 3 aromatic rings. The van der Waals surface area contributed by atoms with E-state index in [2.05, 4.69) is 15.1 Å². The molecule has 1 heterocycles.